The van der Waals surface area contributed by atoms with E-state index in [0.717, 1.165) is 80.2 Å². The molecule has 3 N–H and O–H groups in total. The molecule has 5 fully saturated rings. The number of carbonyl (C=O) groups is 3. The summed E-state index contributed by atoms with van der Waals surface area (Å²) in [5.74, 6) is 1.81. The van der Waals surface area contributed by atoms with E-state index in [1.165, 1.54) is 10.5 Å². The number of pyridine rings is 1. The van der Waals surface area contributed by atoms with E-state index >= 15 is 0 Å². The highest BCUT2D eigenvalue weighted by Crippen LogP contribution is 2.57. The molecule has 2 atom stereocenters. The van der Waals surface area contributed by atoms with Gasteiger partial charge in [-0.05, 0) is 113 Å². The Hall–Kier alpha value is -5.04. The number of anilines is 3. The third-order valence-electron chi connectivity index (χ3n) is 13.7. The Morgan fingerprint density at radius 2 is 1.73 bits per heavy atom. The van der Waals surface area contributed by atoms with Gasteiger partial charge in [0, 0.05) is 75.1 Å². The van der Waals surface area contributed by atoms with Crippen LogP contribution in [0.1, 0.15) is 93.4 Å². The van der Waals surface area contributed by atoms with Gasteiger partial charge in [0.1, 0.15) is 5.82 Å². The number of aliphatic hydroxyl groups excluding tert-OH is 1. The highest BCUT2D eigenvalue weighted by molar-refractivity contribution is 7.89. The monoisotopic (exact) mass is 837 g/mol. The van der Waals surface area contributed by atoms with Crippen molar-refractivity contribution in [3.8, 4) is 0 Å². The Bertz CT molecular complexity index is 2470. The number of aryl methyl sites for hydroxylation is 1. The van der Waals surface area contributed by atoms with Crippen molar-refractivity contribution in [2.24, 2.45) is 7.05 Å². The molecule has 0 bridgehead atoms. The van der Waals surface area contributed by atoms with E-state index in [2.05, 4.69) is 42.7 Å². The molecule has 4 aliphatic heterocycles. The average Bonchev–Trinajstić information content (AvgIpc) is 3.94. The molecule has 17 nitrogen and oxygen atoms in total. The van der Waals surface area contributed by atoms with Crippen LogP contribution in [0.25, 0.3) is 10.9 Å². The molecule has 7 heterocycles. The molecule has 0 radical (unpaired) electrons. The van der Waals surface area contributed by atoms with Gasteiger partial charge in [-0.1, -0.05) is 6.07 Å². The molecule has 60 heavy (non-hydrogen) atoms. The molecule has 6 aliphatic rings. The van der Waals surface area contributed by atoms with E-state index in [-0.39, 0.29) is 35.2 Å². The number of hydrogen-bond donors (Lipinski definition) is 3. The highest BCUT2D eigenvalue weighted by atomic mass is 32.2. The summed E-state index contributed by atoms with van der Waals surface area (Å²) >= 11 is 0. The van der Waals surface area contributed by atoms with Crippen LogP contribution >= 0.6 is 0 Å². The molecule has 316 valence electrons. The van der Waals surface area contributed by atoms with Crippen molar-refractivity contribution in [1.82, 2.24) is 39.3 Å². The Kier molecular flexibility index (Phi) is 9.88. The van der Waals surface area contributed by atoms with Gasteiger partial charge in [0.25, 0.3) is 0 Å². The summed E-state index contributed by atoms with van der Waals surface area (Å²) < 4.78 is 31.2. The lowest BCUT2D eigenvalue weighted by molar-refractivity contribution is -0.121. The second-order valence-electron chi connectivity index (χ2n) is 17.5. The molecule has 4 amide bonds. The number of piperidine rings is 2. The topological polar surface area (TPSA) is 199 Å². The fourth-order valence-corrected chi connectivity index (χ4v) is 11.6. The lowest BCUT2D eigenvalue weighted by Crippen LogP contribution is -2.49. The SMILES string of the molecule is Cn1nc(N2CCC(=O)NC2=O)c2ccc(C3CCN(Cc4cc(S(=O)(=O)N5CCC(Nc6ncc7c(n6)N([C@@H]6CCC[C@@H](O)C6)C(=O)C76CC6)CC5)ccn4)CC3)cc21. The summed E-state index contributed by atoms with van der Waals surface area (Å²) in [6.07, 6.45) is 10.9. The van der Waals surface area contributed by atoms with Crippen LogP contribution in [-0.2, 0) is 38.6 Å². The number of benzene rings is 1. The molecule has 18 heteroatoms. The van der Waals surface area contributed by atoms with E-state index in [4.69, 9.17) is 4.98 Å². The number of fused-ring (bicyclic) bond motifs is 3. The van der Waals surface area contributed by atoms with Gasteiger partial charge in [-0.3, -0.25) is 39.3 Å². The average molecular weight is 838 g/mol. The summed E-state index contributed by atoms with van der Waals surface area (Å²) in [6.45, 7) is 3.23. The van der Waals surface area contributed by atoms with E-state index in [0.29, 0.717) is 68.9 Å². The largest absolute Gasteiger partial charge is 0.393 e. The van der Waals surface area contributed by atoms with Gasteiger partial charge >= 0.3 is 6.03 Å². The maximum absolute atomic E-state index is 13.9. The van der Waals surface area contributed by atoms with Gasteiger partial charge < -0.3 is 10.4 Å². The van der Waals surface area contributed by atoms with Crippen molar-refractivity contribution >= 4 is 56.4 Å². The van der Waals surface area contributed by atoms with Crippen LogP contribution in [0, 0.1) is 0 Å². The van der Waals surface area contributed by atoms with Crippen LogP contribution in [0.4, 0.5) is 22.4 Å². The Morgan fingerprint density at radius 3 is 2.48 bits per heavy atom. The highest BCUT2D eigenvalue weighted by Gasteiger charge is 2.61. The predicted octanol–water partition coefficient (Wildman–Crippen LogP) is 3.53. The molecule has 0 unspecified atom stereocenters. The smallest absolute Gasteiger partial charge is 0.329 e. The minimum Gasteiger partial charge on any atom is -0.393 e. The van der Waals surface area contributed by atoms with Crippen LogP contribution in [0.5, 0.6) is 0 Å². The van der Waals surface area contributed by atoms with E-state index in [1.54, 1.807) is 33.5 Å². The number of rotatable bonds is 9. The molecule has 3 saturated heterocycles. The number of hydrogen-bond acceptors (Lipinski definition) is 12. The number of nitrogens with zero attached hydrogens (tertiary/aromatic N) is 9. The fourth-order valence-electron chi connectivity index (χ4n) is 10.1. The number of imide groups is 1. The van der Waals surface area contributed by atoms with Crippen molar-refractivity contribution in [1.29, 1.82) is 0 Å². The van der Waals surface area contributed by atoms with Gasteiger partial charge in [-0.15, -0.1) is 0 Å². The van der Waals surface area contributed by atoms with Crippen molar-refractivity contribution in [3.63, 3.8) is 0 Å². The Balaban J connectivity index is 0.741. The van der Waals surface area contributed by atoms with E-state index in [9.17, 15) is 27.9 Å². The number of aromatic nitrogens is 5. The molecule has 2 aliphatic carbocycles. The van der Waals surface area contributed by atoms with Gasteiger partial charge in [-0.2, -0.15) is 14.4 Å². The predicted molar refractivity (Wildman–Crippen MR) is 222 cm³/mol. The van der Waals surface area contributed by atoms with Crippen molar-refractivity contribution in [3.05, 3.63) is 59.5 Å². The molecular weight excluding hydrogens is 787 g/mol. The van der Waals surface area contributed by atoms with Crippen LogP contribution < -0.4 is 20.4 Å². The summed E-state index contributed by atoms with van der Waals surface area (Å²) in [4.78, 5) is 57.8. The second-order valence-corrected chi connectivity index (χ2v) is 19.4. The molecule has 2 saturated carbocycles. The van der Waals surface area contributed by atoms with Crippen molar-refractivity contribution in [2.45, 2.75) is 112 Å². The zero-order valence-corrected chi connectivity index (χ0v) is 34.6. The molecule has 1 aromatic carbocycles. The first-order valence-electron chi connectivity index (χ1n) is 21.4. The minimum absolute atomic E-state index is 0.0262. The first-order chi connectivity index (χ1) is 29.0. The lowest BCUT2D eigenvalue weighted by atomic mass is 9.89. The Morgan fingerprint density at radius 1 is 0.933 bits per heavy atom. The first kappa shape index (κ1) is 39.1. The van der Waals surface area contributed by atoms with Crippen molar-refractivity contribution < 1.29 is 27.9 Å². The van der Waals surface area contributed by atoms with Crippen LogP contribution in [0.2, 0.25) is 0 Å². The lowest BCUT2D eigenvalue weighted by Gasteiger charge is -2.34. The zero-order valence-electron chi connectivity index (χ0n) is 33.8. The number of nitrogens with one attached hydrogen (secondary N) is 2. The van der Waals surface area contributed by atoms with Gasteiger partial charge in [-0.25, -0.2) is 18.2 Å². The van der Waals surface area contributed by atoms with Crippen LogP contribution in [0.15, 0.2) is 47.6 Å². The molecule has 10 rings (SSSR count). The van der Waals surface area contributed by atoms with Gasteiger partial charge in [0.05, 0.1) is 27.6 Å². The summed E-state index contributed by atoms with van der Waals surface area (Å²) in [5.41, 5.74) is 3.24. The van der Waals surface area contributed by atoms with Crippen LogP contribution in [-0.4, -0.2) is 116 Å². The normalized spacial score (nSPS) is 24.3. The molecular formula is C42H51N11O6S. The molecule has 4 aromatic rings. The zero-order chi connectivity index (χ0) is 41.3. The van der Waals surface area contributed by atoms with E-state index in [1.807, 2.05) is 18.0 Å². The Labute approximate surface area is 348 Å². The van der Waals surface area contributed by atoms with Crippen LogP contribution in [0.3, 0.4) is 0 Å². The quantitative estimate of drug-likeness (QED) is 0.222. The molecule has 3 aromatic heterocycles. The number of sulfonamides is 1. The minimum atomic E-state index is -3.74. The standard InChI is InChI=1S/C42H51N11O6S/c1-49-35-21-27(5-6-33(35)37(48-49)52-20-12-36(55)46-41(52)57)26-8-16-50(17-9-26)25-29-22-32(7-15-43-29)60(58,59)51-18-10-28(11-19-51)45-40-44-24-34-38(47-40)53(39(56)42(34)13-14-42)30-3-2-4-31(54)23-30/h5-7,15,21-22,24,26,28,30-31,54H,2-4,8-14,16-20,23,25H2,1H3,(H,44,45,47)(H,46,55,57)/t30-,31-/m1/s1. The number of aliphatic hydroxyl groups is 1. The fraction of sp³-hybridized carbons (Fsp3) is 0.548. The number of carbonyl (C=O) groups excluding carboxylic acids is 3. The van der Waals surface area contributed by atoms with Gasteiger partial charge in [0.2, 0.25) is 27.8 Å². The summed E-state index contributed by atoms with van der Waals surface area (Å²) in [7, 11) is -1.87. The third-order valence-corrected chi connectivity index (χ3v) is 15.6. The summed E-state index contributed by atoms with van der Waals surface area (Å²) in [6, 6.07) is 9.03. The number of urea groups is 1. The van der Waals surface area contributed by atoms with Gasteiger partial charge in [0.15, 0.2) is 5.82 Å². The second kappa shape index (κ2) is 15.1. The summed E-state index contributed by atoms with van der Waals surface area (Å²) in [5, 5.41) is 21.7. The maximum Gasteiger partial charge on any atom is 0.329 e. The molecule has 1 spiro atoms. The number of amides is 4. The first-order valence-corrected chi connectivity index (χ1v) is 22.8. The number of likely N-dealkylation sites (tertiary alicyclic amines) is 1. The van der Waals surface area contributed by atoms with Crippen molar-refractivity contribution in [2.75, 3.05) is 47.8 Å². The maximum atomic E-state index is 13.9. The van der Waals surface area contributed by atoms with E-state index < -0.39 is 27.6 Å². The third kappa shape index (κ3) is 7.00.